The van der Waals surface area contributed by atoms with E-state index in [0.29, 0.717) is 38.4 Å². The van der Waals surface area contributed by atoms with Crippen molar-refractivity contribution in [2.45, 2.75) is 78.3 Å². The summed E-state index contributed by atoms with van der Waals surface area (Å²) >= 11 is 0. The lowest BCUT2D eigenvalue weighted by molar-refractivity contribution is -0.144. The van der Waals surface area contributed by atoms with Gasteiger partial charge < -0.3 is 25.0 Å². The van der Waals surface area contributed by atoms with Gasteiger partial charge in [-0.15, -0.1) is 5.10 Å². The summed E-state index contributed by atoms with van der Waals surface area (Å²) in [6, 6.07) is -1.41. The number of aromatic nitrogens is 3. The van der Waals surface area contributed by atoms with Crippen LogP contribution in [0.15, 0.2) is 6.20 Å². The molecule has 0 radical (unpaired) electrons. The minimum Gasteiger partial charge on any atom is -0.444 e. The molecule has 2 aliphatic heterocycles. The van der Waals surface area contributed by atoms with Gasteiger partial charge in [-0.1, -0.05) is 26.0 Å². The van der Waals surface area contributed by atoms with Crippen LogP contribution in [0.25, 0.3) is 0 Å². The second-order valence-electron chi connectivity index (χ2n) is 11.7. The molecule has 36 heavy (non-hydrogen) atoms. The topological polar surface area (TPSA) is 133 Å². The van der Waals surface area contributed by atoms with Crippen LogP contribution in [0, 0.1) is 5.41 Å². The maximum atomic E-state index is 13.7. The minimum absolute atomic E-state index is 0.104. The van der Waals surface area contributed by atoms with Crippen molar-refractivity contribution in [3.63, 3.8) is 0 Å². The molecule has 2 fully saturated rings. The summed E-state index contributed by atoms with van der Waals surface area (Å²) in [5.41, 5.74) is -0.324. The molecule has 1 aromatic heterocycles. The number of β-amino-alcohol motifs (C(OH)–C–C–N with tert-alkyl or cyclic N) is 1. The van der Waals surface area contributed by atoms with E-state index in [-0.39, 0.29) is 30.9 Å². The molecule has 3 rings (SSSR count). The zero-order valence-electron chi connectivity index (χ0n) is 22.5. The number of carbonyl (C=O) groups excluding carboxylic acids is 3. The highest BCUT2D eigenvalue weighted by Crippen LogP contribution is 2.34. The molecule has 0 bridgehead atoms. The number of aliphatic hydroxyl groups excluding tert-OH is 1. The Balaban J connectivity index is 1.67. The Labute approximate surface area is 212 Å². The van der Waals surface area contributed by atoms with E-state index in [4.69, 9.17) is 4.74 Å². The van der Waals surface area contributed by atoms with Crippen LogP contribution >= 0.6 is 0 Å². The Kier molecular flexibility index (Phi) is 8.29. The van der Waals surface area contributed by atoms with Crippen LogP contribution in [0.2, 0.25) is 0 Å². The van der Waals surface area contributed by atoms with Gasteiger partial charge in [-0.25, -0.2) is 9.48 Å². The van der Waals surface area contributed by atoms with E-state index in [1.807, 2.05) is 41.5 Å². The fourth-order valence-electron chi connectivity index (χ4n) is 4.67. The van der Waals surface area contributed by atoms with Crippen LogP contribution in [0.4, 0.5) is 4.79 Å². The molecule has 202 valence electrons. The Morgan fingerprint density at radius 1 is 1.14 bits per heavy atom. The number of carbonyl (C=O) groups is 3. The summed E-state index contributed by atoms with van der Waals surface area (Å²) in [6.07, 6.45) is 0.930. The maximum Gasteiger partial charge on any atom is 0.410 e. The number of hydrogen-bond acceptors (Lipinski definition) is 8. The largest absolute Gasteiger partial charge is 0.444 e. The van der Waals surface area contributed by atoms with Crippen LogP contribution in [0.1, 0.15) is 59.7 Å². The molecule has 0 unspecified atom stereocenters. The lowest BCUT2D eigenvalue weighted by Crippen LogP contribution is -2.50. The van der Waals surface area contributed by atoms with Crippen LogP contribution in [0.3, 0.4) is 0 Å². The first-order valence-corrected chi connectivity index (χ1v) is 12.5. The molecular formula is C24H41N7O5. The zero-order valence-corrected chi connectivity index (χ0v) is 22.5. The molecule has 12 heteroatoms. The van der Waals surface area contributed by atoms with Gasteiger partial charge in [0.2, 0.25) is 11.8 Å². The van der Waals surface area contributed by atoms with Gasteiger partial charge in [0.15, 0.2) is 0 Å². The Hall–Kier alpha value is -2.73. The van der Waals surface area contributed by atoms with Crippen molar-refractivity contribution in [2.75, 3.05) is 39.8 Å². The number of piperazine rings is 1. The lowest BCUT2D eigenvalue weighted by Gasteiger charge is -2.35. The Morgan fingerprint density at radius 2 is 1.78 bits per heavy atom. The second kappa shape index (κ2) is 10.7. The van der Waals surface area contributed by atoms with E-state index >= 15 is 0 Å². The third-order valence-electron chi connectivity index (χ3n) is 6.40. The summed E-state index contributed by atoms with van der Waals surface area (Å²) in [7, 11) is 1.52. The molecule has 3 amide bonds. The molecular weight excluding hydrogens is 466 g/mol. The normalized spacial score (nSPS) is 22.4. The van der Waals surface area contributed by atoms with Crippen molar-refractivity contribution in [1.82, 2.24) is 35.0 Å². The third-order valence-corrected chi connectivity index (χ3v) is 6.40. The van der Waals surface area contributed by atoms with E-state index in [1.54, 1.807) is 15.8 Å². The number of rotatable bonds is 5. The predicted octanol–water partition coefficient (Wildman–Crippen LogP) is 0.626. The summed E-state index contributed by atoms with van der Waals surface area (Å²) in [6.45, 7) is 14.5. The van der Waals surface area contributed by atoms with Crippen molar-refractivity contribution in [3.8, 4) is 0 Å². The zero-order chi connectivity index (χ0) is 26.8. The maximum absolute atomic E-state index is 13.7. The van der Waals surface area contributed by atoms with Crippen molar-refractivity contribution < 1.29 is 24.2 Å². The van der Waals surface area contributed by atoms with Gasteiger partial charge in [0.25, 0.3) is 0 Å². The first kappa shape index (κ1) is 27.9. The molecule has 0 aliphatic carbocycles. The van der Waals surface area contributed by atoms with Gasteiger partial charge in [-0.2, -0.15) is 0 Å². The lowest BCUT2D eigenvalue weighted by atomic mass is 9.85. The predicted molar refractivity (Wildman–Crippen MR) is 132 cm³/mol. The monoisotopic (exact) mass is 507 g/mol. The van der Waals surface area contributed by atoms with Gasteiger partial charge in [-0.3, -0.25) is 14.5 Å². The summed E-state index contributed by atoms with van der Waals surface area (Å²) in [5, 5.41) is 21.3. The summed E-state index contributed by atoms with van der Waals surface area (Å²) in [4.78, 5) is 43.7. The van der Waals surface area contributed by atoms with E-state index < -0.39 is 29.2 Å². The number of likely N-dealkylation sites (tertiary alicyclic amines) is 1. The molecule has 3 heterocycles. The number of ether oxygens (including phenoxy) is 1. The number of amides is 3. The van der Waals surface area contributed by atoms with E-state index in [0.717, 1.165) is 0 Å². The molecule has 3 atom stereocenters. The average Bonchev–Trinajstić information content (AvgIpc) is 3.38. The molecule has 2 N–H and O–H groups in total. The second-order valence-corrected chi connectivity index (χ2v) is 11.7. The first-order chi connectivity index (χ1) is 16.7. The van der Waals surface area contributed by atoms with Crippen molar-refractivity contribution >= 4 is 17.9 Å². The number of nitrogens with zero attached hydrogens (tertiary/aromatic N) is 6. The molecule has 0 saturated carbocycles. The number of aliphatic hydroxyl groups is 1. The molecule has 0 aromatic carbocycles. The SMILES string of the molecule is CNC(=O)[C@@H]1C[C@@H](O)CN1C(=O)[C@@H](n1cc(CN2CCN(C(=O)OC(C)(C)C)CC2)nn1)C(C)(C)C. The number of likely N-dealkylation sites (N-methyl/N-ethyl adjacent to an activating group) is 1. The fraction of sp³-hybridized carbons (Fsp3) is 0.792. The van der Waals surface area contributed by atoms with Gasteiger partial charge in [-0.05, 0) is 26.2 Å². The fourth-order valence-corrected chi connectivity index (χ4v) is 4.67. The Bertz CT molecular complexity index is 943. The highest BCUT2D eigenvalue weighted by atomic mass is 16.6. The molecule has 2 saturated heterocycles. The van der Waals surface area contributed by atoms with Crippen molar-refractivity contribution in [2.24, 2.45) is 5.41 Å². The van der Waals surface area contributed by atoms with E-state index in [1.165, 1.54) is 11.9 Å². The summed E-state index contributed by atoms with van der Waals surface area (Å²) in [5.74, 6) is -0.563. The third kappa shape index (κ3) is 6.73. The van der Waals surface area contributed by atoms with Gasteiger partial charge in [0.1, 0.15) is 17.7 Å². The highest BCUT2D eigenvalue weighted by molar-refractivity contribution is 5.90. The van der Waals surface area contributed by atoms with Crippen LogP contribution in [0.5, 0.6) is 0 Å². The van der Waals surface area contributed by atoms with E-state index in [2.05, 4.69) is 20.5 Å². The molecule has 0 spiro atoms. The Morgan fingerprint density at radius 3 is 2.33 bits per heavy atom. The molecule has 12 nitrogen and oxygen atoms in total. The van der Waals surface area contributed by atoms with Crippen LogP contribution in [-0.2, 0) is 20.9 Å². The first-order valence-electron chi connectivity index (χ1n) is 12.5. The number of nitrogens with one attached hydrogen (secondary N) is 1. The van der Waals surface area contributed by atoms with Crippen molar-refractivity contribution in [3.05, 3.63) is 11.9 Å². The molecule has 2 aliphatic rings. The van der Waals surface area contributed by atoms with Crippen molar-refractivity contribution in [1.29, 1.82) is 0 Å². The molecule has 1 aromatic rings. The van der Waals surface area contributed by atoms with E-state index in [9.17, 15) is 19.5 Å². The standard InChI is InChI=1S/C24H41N7O5/c1-23(2,3)19(21(34)30-15-17(32)12-18(30)20(33)25-7)31-14-16(26-27-31)13-28-8-10-29(11-9-28)22(35)36-24(4,5)6/h14,17-19,32H,8-13,15H2,1-7H3,(H,25,33)/t17-,18+,19-/m1/s1. The van der Waals surface area contributed by atoms with Gasteiger partial charge >= 0.3 is 6.09 Å². The van der Waals surface area contributed by atoms with Gasteiger partial charge in [0.05, 0.1) is 18.0 Å². The van der Waals surface area contributed by atoms with Gasteiger partial charge in [0, 0.05) is 52.7 Å². The highest BCUT2D eigenvalue weighted by Gasteiger charge is 2.45. The quantitative estimate of drug-likeness (QED) is 0.593. The summed E-state index contributed by atoms with van der Waals surface area (Å²) < 4.78 is 7.03. The van der Waals surface area contributed by atoms with Crippen LogP contribution in [-0.4, -0.2) is 110 Å². The average molecular weight is 508 g/mol. The van der Waals surface area contributed by atoms with Crippen LogP contribution < -0.4 is 5.32 Å². The smallest absolute Gasteiger partial charge is 0.410 e. The minimum atomic E-state index is -0.748. The number of hydrogen-bond donors (Lipinski definition) is 2.